The Morgan fingerprint density at radius 3 is 2.47 bits per heavy atom. The van der Waals surface area contributed by atoms with Crippen molar-refractivity contribution in [2.75, 3.05) is 19.0 Å². The van der Waals surface area contributed by atoms with Gasteiger partial charge in [0.25, 0.3) is 0 Å². The van der Waals surface area contributed by atoms with Crippen molar-refractivity contribution in [2.24, 2.45) is 5.73 Å². The summed E-state index contributed by atoms with van der Waals surface area (Å²) < 4.78 is 5.55. The van der Waals surface area contributed by atoms with Gasteiger partial charge in [-0.3, -0.25) is 0 Å². The minimum Gasteiger partial charge on any atom is -0.389 e. The number of benzene rings is 1. The number of ether oxygens (including phenoxy) is 1. The fraction of sp³-hybridized carbons (Fsp3) is 0.462. The number of rotatable bonds is 5. The molecule has 17 heavy (non-hydrogen) atoms. The van der Waals surface area contributed by atoms with Crippen LogP contribution in [-0.4, -0.2) is 24.2 Å². The van der Waals surface area contributed by atoms with E-state index in [0.717, 1.165) is 30.6 Å². The third-order valence-corrected chi connectivity index (χ3v) is 3.72. The van der Waals surface area contributed by atoms with Gasteiger partial charge in [0.2, 0.25) is 0 Å². The van der Waals surface area contributed by atoms with E-state index in [-0.39, 0.29) is 5.60 Å². The van der Waals surface area contributed by atoms with Gasteiger partial charge < -0.3 is 15.8 Å². The largest absolute Gasteiger partial charge is 0.389 e. The Kier molecular flexibility index (Phi) is 3.64. The van der Waals surface area contributed by atoms with Crippen LogP contribution in [0.15, 0.2) is 24.3 Å². The molecule has 1 aromatic carbocycles. The van der Waals surface area contributed by atoms with E-state index >= 15 is 0 Å². The normalized spacial score (nSPS) is 17.2. The maximum atomic E-state index is 5.55. The number of thiocarbonyl (C=S) groups is 1. The highest BCUT2D eigenvalue weighted by atomic mass is 32.1. The Labute approximate surface area is 107 Å². The van der Waals surface area contributed by atoms with Crippen LogP contribution in [0.2, 0.25) is 0 Å². The number of hydrogen-bond acceptors (Lipinski definition) is 3. The molecular formula is C13H18N2OS. The molecule has 1 fully saturated rings. The van der Waals surface area contributed by atoms with Crippen molar-refractivity contribution in [1.29, 1.82) is 0 Å². The van der Waals surface area contributed by atoms with Gasteiger partial charge in [-0.25, -0.2) is 0 Å². The van der Waals surface area contributed by atoms with Crippen molar-refractivity contribution in [3.8, 4) is 0 Å². The molecule has 3 nitrogen and oxygen atoms in total. The number of hydrogen-bond donors (Lipinski definition) is 2. The first-order valence-corrected chi connectivity index (χ1v) is 6.25. The highest BCUT2D eigenvalue weighted by Gasteiger charge is 2.36. The molecule has 1 saturated carbocycles. The predicted octanol–water partition coefficient (Wildman–Crippen LogP) is 2.30. The molecule has 0 heterocycles. The van der Waals surface area contributed by atoms with Gasteiger partial charge in [-0.05, 0) is 43.5 Å². The van der Waals surface area contributed by atoms with E-state index in [1.165, 1.54) is 6.42 Å². The zero-order valence-corrected chi connectivity index (χ0v) is 10.8. The second kappa shape index (κ2) is 5.02. The Morgan fingerprint density at radius 2 is 2.06 bits per heavy atom. The van der Waals surface area contributed by atoms with Crippen LogP contribution < -0.4 is 11.1 Å². The van der Waals surface area contributed by atoms with Crippen LogP contribution in [0, 0.1) is 0 Å². The van der Waals surface area contributed by atoms with E-state index in [0.29, 0.717) is 4.99 Å². The van der Waals surface area contributed by atoms with Crippen LogP contribution >= 0.6 is 12.2 Å². The van der Waals surface area contributed by atoms with E-state index in [1.54, 1.807) is 7.11 Å². The molecule has 0 unspecified atom stereocenters. The Morgan fingerprint density at radius 1 is 1.41 bits per heavy atom. The van der Waals surface area contributed by atoms with E-state index in [4.69, 9.17) is 22.7 Å². The lowest BCUT2D eigenvalue weighted by Gasteiger charge is -2.40. The minimum atomic E-state index is 0.0435. The molecule has 4 heteroatoms. The first-order chi connectivity index (χ1) is 8.15. The summed E-state index contributed by atoms with van der Waals surface area (Å²) in [7, 11) is 1.79. The molecule has 0 amide bonds. The topological polar surface area (TPSA) is 47.3 Å². The second-order valence-electron chi connectivity index (χ2n) is 4.54. The summed E-state index contributed by atoms with van der Waals surface area (Å²) in [5, 5.41) is 3.40. The van der Waals surface area contributed by atoms with Crippen LogP contribution in [0.1, 0.15) is 24.8 Å². The summed E-state index contributed by atoms with van der Waals surface area (Å²) in [6.45, 7) is 0.857. The fourth-order valence-corrected chi connectivity index (χ4v) is 2.18. The van der Waals surface area contributed by atoms with E-state index in [2.05, 4.69) is 5.32 Å². The number of methoxy groups -OCH3 is 1. The van der Waals surface area contributed by atoms with Gasteiger partial charge in [0.1, 0.15) is 4.99 Å². The average molecular weight is 250 g/mol. The molecular weight excluding hydrogens is 232 g/mol. The van der Waals surface area contributed by atoms with Gasteiger partial charge in [-0.1, -0.05) is 12.2 Å². The molecule has 1 aliphatic carbocycles. The summed E-state index contributed by atoms with van der Waals surface area (Å²) in [6, 6.07) is 7.86. The van der Waals surface area contributed by atoms with Crippen molar-refractivity contribution < 1.29 is 4.74 Å². The molecule has 0 bridgehead atoms. The number of nitrogens with two attached hydrogens (primary N) is 1. The van der Waals surface area contributed by atoms with Crippen LogP contribution in [0.5, 0.6) is 0 Å². The van der Waals surface area contributed by atoms with Gasteiger partial charge in [0.05, 0.1) is 5.60 Å². The van der Waals surface area contributed by atoms with Crippen molar-refractivity contribution in [3.05, 3.63) is 29.8 Å². The smallest absolute Gasteiger partial charge is 0.103 e. The van der Waals surface area contributed by atoms with Crippen LogP contribution in [0.3, 0.4) is 0 Å². The first kappa shape index (κ1) is 12.3. The third kappa shape index (κ3) is 2.76. The van der Waals surface area contributed by atoms with Crippen LogP contribution in [0.4, 0.5) is 5.69 Å². The van der Waals surface area contributed by atoms with Gasteiger partial charge in [0, 0.05) is 24.9 Å². The Hall–Kier alpha value is -1.13. The summed E-state index contributed by atoms with van der Waals surface area (Å²) in [5.41, 5.74) is 7.57. The lowest BCUT2D eigenvalue weighted by atomic mass is 9.80. The van der Waals surface area contributed by atoms with E-state index < -0.39 is 0 Å². The zero-order chi connectivity index (χ0) is 12.3. The van der Waals surface area contributed by atoms with Crippen molar-refractivity contribution in [3.63, 3.8) is 0 Å². The predicted molar refractivity (Wildman–Crippen MR) is 74.4 cm³/mol. The summed E-state index contributed by atoms with van der Waals surface area (Å²) in [6.07, 6.45) is 3.54. The zero-order valence-electron chi connectivity index (χ0n) is 10.0. The van der Waals surface area contributed by atoms with Crippen molar-refractivity contribution >= 4 is 22.9 Å². The molecule has 3 N–H and O–H groups in total. The number of anilines is 1. The summed E-state index contributed by atoms with van der Waals surface area (Å²) in [5.74, 6) is 0. The third-order valence-electron chi connectivity index (χ3n) is 3.48. The second-order valence-corrected chi connectivity index (χ2v) is 4.98. The standard InChI is InChI=1S/C13H18N2OS/c1-16-13(7-2-8-13)9-15-11-5-3-10(4-6-11)12(14)17/h3-6,15H,2,7-9H2,1H3,(H2,14,17). The van der Waals surface area contributed by atoms with E-state index in [9.17, 15) is 0 Å². The molecule has 0 aromatic heterocycles. The van der Waals surface area contributed by atoms with E-state index in [1.807, 2.05) is 24.3 Å². The lowest BCUT2D eigenvalue weighted by Crippen LogP contribution is -2.45. The maximum absolute atomic E-state index is 5.55. The molecule has 0 spiro atoms. The lowest BCUT2D eigenvalue weighted by molar-refractivity contribution is -0.0601. The van der Waals surface area contributed by atoms with Gasteiger partial charge in [-0.15, -0.1) is 0 Å². The molecule has 1 aliphatic rings. The Balaban J connectivity index is 1.93. The Bertz CT molecular complexity index is 393. The highest BCUT2D eigenvalue weighted by molar-refractivity contribution is 7.80. The van der Waals surface area contributed by atoms with Crippen molar-refractivity contribution in [2.45, 2.75) is 24.9 Å². The van der Waals surface area contributed by atoms with Crippen LogP contribution in [-0.2, 0) is 4.74 Å². The molecule has 92 valence electrons. The minimum absolute atomic E-state index is 0.0435. The van der Waals surface area contributed by atoms with Gasteiger partial charge in [-0.2, -0.15) is 0 Å². The van der Waals surface area contributed by atoms with Gasteiger partial charge in [0.15, 0.2) is 0 Å². The summed E-state index contributed by atoms with van der Waals surface area (Å²) >= 11 is 4.91. The monoisotopic (exact) mass is 250 g/mol. The maximum Gasteiger partial charge on any atom is 0.103 e. The van der Waals surface area contributed by atoms with Crippen molar-refractivity contribution in [1.82, 2.24) is 0 Å². The number of nitrogens with one attached hydrogen (secondary N) is 1. The van der Waals surface area contributed by atoms with Crippen LogP contribution in [0.25, 0.3) is 0 Å². The molecule has 0 radical (unpaired) electrons. The molecule has 0 saturated heterocycles. The molecule has 1 aromatic rings. The first-order valence-electron chi connectivity index (χ1n) is 5.84. The average Bonchev–Trinajstić information content (AvgIpc) is 2.29. The fourth-order valence-electron chi connectivity index (χ4n) is 2.04. The molecule has 0 aliphatic heterocycles. The highest BCUT2D eigenvalue weighted by Crippen LogP contribution is 2.35. The van der Waals surface area contributed by atoms with Gasteiger partial charge >= 0.3 is 0 Å². The quantitative estimate of drug-likeness (QED) is 0.787. The summed E-state index contributed by atoms with van der Waals surface area (Å²) in [4.78, 5) is 0.434. The SMILES string of the molecule is COC1(CNc2ccc(C(N)=S)cc2)CCC1. The molecule has 0 atom stereocenters. The molecule has 2 rings (SSSR count).